The number of hydrogen-bond acceptors (Lipinski definition) is 6. The van der Waals surface area contributed by atoms with Crippen LogP contribution in [-0.4, -0.2) is 24.8 Å². The summed E-state index contributed by atoms with van der Waals surface area (Å²) >= 11 is 3.42. The molecule has 7 heteroatoms. The lowest BCUT2D eigenvalue weighted by atomic mass is 9.99. The fraction of sp³-hybridized carbons (Fsp3) is 0.250. The van der Waals surface area contributed by atoms with Gasteiger partial charge in [-0.25, -0.2) is 9.59 Å². The number of hydrogen-bond donors (Lipinski definition) is 0. The summed E-state index contributed by atoms with van der Waals surface area (Å²) in [7, 11) is 1.55. The van der Waals surface area contributed by atoms with Gasteiger partial charge in [-0.15, -0.1) is 0 Å². The molecule has 0 radical (unpaired) electrons. The molecule has 3 rings (SSSR count). The van der Waals surface area contributed by atoms with Gasteiger partial charge in [0.05, 0.1) is 7.11 Å². The lowest BCUT2D eigenvalue weighted by molar-refractivity contribution is 0.0207. The van der Waals surface area contributed by atoms with Crippen LogP contribution in [0, 0.1) is 0 Å². The highest BCUT2D eigenvalue weighted by Gasteiger charge is 2.27. The van der Waals surface area contributed by atoms with Crippen molar-refractivity contribution in [2.45, 2.75) is 31.7 Å². The molecule has 0 saturated heterocycles. The molecule has 0 atom stereocenters. The number of carbonyl (C=O) groups excluding carboxylic acids is 2. The summed E-state index contributed by atoms with van der Waals surface area (Å²) in [6.45, 7) is 5.19. The molecule has 0 amide bonds. The SMILES string of the molecule is COc1cccc2c(OC(=O)OC(C)(C)C)c(C(=O)Oc3ccccc3)c(CBr)cc12. The van der Waals surface area contributed by atoms with E-state index in [4.69, 9.17) is 18.9 Å². The Bertz CT molecular complexity index is 1100. The Balaban J connectivity index is 2.18. The van der Waals surface area contributed by atoms with Crippen LogP contribution in [0.1, 0.15) is 36.7 Å². The van der Waals surface area contributed by atoms with Crippen molar-refractivity contribution < 1.29 is 28.5 Å². The van der Waals surface area contributed by atoms with Crippen LogP contribution in [-0.2, 0) is 10.1 Å². The third-order valence-corrected chi connectivity index (χ3v) is 4.88. The van der Waals surface area contributed by atoms with Crippen molar-refractivity contribution in [2.75, 3.05) is 7.11 Å². The number of benzene rings is 3. The Morgan fingerprint density at radius 1 is 0.935 bits per heavy atom. The summed E-state index contributed by atoms with van der Waals surface area (Å²) in [6, 6.07) is 15.8. The molecule has 0 aliphatic rings. The third-order valence-electron chi connectivity index (χ3n) is 4.27. The lowest BCUT2D eigenvalue weighted by Crippen LogP contribution is -2.27. The smallest absolute Gasteiger partial charge is 0.496 e. The fourth-order valence-corrected chi connectivity index (χ4v) is 3.47. The van der Waals surface area contributed by atoms with Gasteiger partial charge in [0, 0.05) is 16.1 Å². The molecule has 0 bridgehead atoms. The summed E-state index contributed by atoms with van der Waals surface area (Å²) in [5.74, 6) is 0.364. The highest BCUT2D eigenvalue weighted by atomic mass is 79.9. The van der Waals surface area contributed by atoms with Crippen molar-refractivity contribution in [1.29, 1.82) is 0 Å². The maximum Gasteiger partial charge on any atom is 0.514 e. The molecule has 0 N–H and O–H groups in total. The predicted octanol–water partition coefficient (Wildman–Crippen LogP) is 6.28. The van der Waals surface area contributed by atoms with Gasteiger partial charge in [-0.2, -0.15) is 0 Å². The first-order valence-electron chi connectivity index (χ1n) is 9.60. The summed E-state index contributed by atoms with van der Waals surface area (Å²) < 4.78 is 21.9. The number of ether oxygens (including phenoxy) is 4. The molecule has 0 aliphatic carbocycles. The van der Waals surface area contributed by atoms with Crippen molar-refractivity contribution in [3.05, 3.63) is 65.7 Å². The van der Waals surface area contributed by atoms with Gasteiger partial charge in [0.1, 0.15) is 22.7 Å². The van der Waals surface area contributed by atoms with E-state index < -0.39 is 17.7 Å². The van der Waals surface area contributed by atoms with Crippen LogP contribution in [0.15, 0.2) is 54.6 Å². The first-order valence-corrected chi connectivity index (χ1v) is 10.7. The molecule has 3 aromatic rings. The van der Waals surface area contributed by atoms with Gasteiger partial charge in [0.2, 0.25) is 0 Å². The second-order valence-corrected chi connectivity index (χ2v) is 8.26. The maximum atomic E-state index is 13.2. The molecule has 3 aromatic carbocycles. The zero-order chi connectivity index (χ0) is 22.6. The Labute approximate surface area is 189 Å². The van der Waals surface area contributed by atoms with Crippen molar-refractivity contribution in [3.8, 4) is 17.2 Å². The summed E-state index contributed by atoms with van der Waals surface area (Å²) in [4.78, 5) is 25.7. The van der Waals surface area contributed by atoms with E-state index in [0.717, 1.165) is 0 Å². The molecule has 0 fully saturated rings. The van der Waals surface area contributed by atoms with Crippen LogP contribution in [0.25, 0.3) is 10.8 Å². The number of halogens is 1. The monoisotopic (exact) mass is 486 g/mol. The lowest BCUT2D eigenvalue weighted by Gasteiger charge is -2.21. The van der Waals surface area contributed by atoms with Crippen molar-refractivity contribution in [2.24, 2.45) is 0 Å². The molecule has 0 saturated carbocycles. The topological polar surface area (TPSA) is 71.1 Å². The summed E-state index contributed by atoms with van der Waals surface area (Å²) in [5, 5.41) is 1.54. The maximum absolute atomic E-state index is 13.2. The van der Waals surface area contributed by atoms with Crippen molar-refractivity contribution in [1.82, 2.24) is 0 Å². The molecule has 0 aliphatic heterocycles. The first-order chi connectivity index (χ1) is 14.7. The van der Waals surface area contributed by atoms with E-state index in [2.05, 4.69) is 15.9 Å². The van der Waals surface area contributed by atoms with Gasteiger partial charge in [-0.05, 0) is 50.6 Å². The minimum atomic E-state index is -0.919. The van der Waals surface area contributed by atoms with Gasteiger partial charge in [0.25, 0.3) is 0 Å². The Kier molecular flexibility index (Phi) is 6.85. The second-order valence-electron chi connectivity index (χ2n) is 7.70. The molecule has 0 unspecified atom stereocenters. The average Bonchev–Trinajstić information content (AvgIpc) is 2.72. The molecule has 162 valence electrons. The van der Waals surface area contributed by atoms with Crippen molar-refractivity contribution in [3.63, 3.8) is 0 Å². The first kappa shape index (κ1) is 22.6. The van der Waals surface area contributed by atoms with Crippen LogP contribution in [0.4, 0.5) is 4.79 Å². The van der Waals surface area contributed by atoms with E-state index in [9.17, 15) is 9.59 Å². The zero-order valence-corrected chi connectivity index (χ0v) is 19.3. The van der Waals surface area contributed by atoms with E-state index in [1.54, 1.807) is 70.3 Å². The number of alkyl halides is 1. The zero-order valence-electron chi connectivity index (χ0n) is 17.7. The number of methoxy groups -OCH3 is 1. The predicted molar refractivity (Wildman–Crippen MR) is 121 cm³/mol. The minimum Gasteiger partial charge on any atom is -0.496 e. The summed E-state index contributed by atoms with van der Waals surface area (Å²) in [6.07, 6.45) is -0.919. The van der Waals surface area contributed by atoms with Gasteiger partial charge >= 0.3 is 12.1 Å². The van der Waals surface area contributed by atoms with Crippen molar-refractivity contribution >= 4 is 38.8 Å². The highest BCUT2D eigenvalue weighted by Crippen LogP contribution is 2.39. The van der Waals surface area contributed by atoms with E-state index in [1.165, 1.54) is 0 Å². The molecular weight excluding hydrogens is 464 g/mol. The molecule has 31 heavy (non-hydrogen) atoms. The van der Waals surface area contributed by atoms with Crippen LogP contribution in [0.3, 0.4) is 0 Å². The highest BCUT2D eigenvalue weighted by molar-refractivity contribution is 9.08. The standard InChI is InChI=1S/C24H23BrO6/c1-24(2,3)31-23(27)30-21-17-11-8-12-19(28-4)18(17)13-15(14-25)20(21)22(26)29-16-9-6-5-7-10-16/h5-13H,14H2,1-4H3. The molecule has 0 aromatic heterocycles. The molecule has 6 nitrogen and oxygen atoms in total. The molecule has 0 heterocycles. The second kappa shape index (κ2) is 9.39. The van der Waals surface area contributed by atoms with Gasteiger partial charge in [0.15, 0.2) is 5.75 Å². The fourth-order valence-electron chi connectivity index (χ4n) is 3.03. The Morgan fingerprint density at radius 2 is 1.65 bits per heavy atom. The quantitative estimate of drug-likeness (QED) is 0.183. The van der Waals surface area contributed by atoms with E-state index in [1.807, 2.05) is 12.1 Å². The average molecular weight is 487 g/mol. The third kappa shape index (κ3) is 5.35. The molecule has 0 spiro atoms. The van der Waals surface area contributed by atoms with Crippen LogP contribution in [0.5, 0.6) is 17.2 Å². The van der Waals surface area contributed by atoms with Gasteiger partial charge < -0.3 is 18.9 Å². The van der Waals surface area contributed by atoms with E-state index >= 15 is 0 Å². The van der Waals surface area contributed by atoms with Crippen LogP contribution >= 0.6 is 15.9 Å². The van der Waals surface area contributed by atoms with Gasteiger partial charge in [-0.1, -0.05) is 46.3 Å². The Morgan fingerprint density at radius 3 is 2.26 bits per heavy atom. The van der Waals surface area contributed by atoms with Gasteiger partial charge in [-0.3, -0.25) is 0 Å². The Hall–Kier alpha value is -3.06. The number of para-hydroxylation sites is 1. The molecular formula is C24H23BrO6. The largest absolute Gasteiger partial charge is 0.514 e. The van der Waals surface area contributed by atoms with Crippen LogP contribution < -0.4 is 14.2 Å². The number of rotatable bonds is 5. The summed E-state index contributed by atoms with van der Waals surface area (Å²) in [5.41, 5.74) is -0.0497. The van der Waals surface area contributed by atoms with E-state index in [0.29, 0.717) is 33.2 Å². The minimum absolute atomic E-state index is 0.0565. The number of fused-ring (bicyclic) bond motifs is 1. The number of esters is 1. The number of carbonyl (C=O) groups is 2. The normalized spacial score (nSPS) is 11.1. The van der Waals surface area contributed by atoms with E-state index in [-0.39, 0.29) is 11.3 Å². The van der Waals surface area contributed by atoms with Crippen LogP contribution in [0.2, 0.25) is 0 Å².